The van der Waals surface area contributed by atoms with Gasteiger partial charge in [0, 0.05) is 24.3 Å². The minimum absolute atomic E-state index is 0.0660. The van der Waals surface area contributed by atoms with Gasteiger partial charge in [0.1, 0.15) is 0 Å². The summed E-state index contributed by atoms with van der Waals surface area (Å²) >= 11 is 0. The molecule has 0 spiro atoms. The Bertz CT molecular complexity index is 1250. The minimum Gasteiger partial charge on any atom is -0.334 e. The van der Waals surface area contributed by atoms with Crippen LogP contribution in [0.1, 0.15) is 28.1 Å². The SMILES string of the molecule is O=[N+]([O-])c1ccc(Cc2cc3nc(C(F)(F)F)[nH]c3cc2Cc2ccc([N+](=O)[O-])cc2)cc1. The molecule has 1 heterocycles. The second-order valence-electron chi connectivity index (χ2n) is 7.42. The smallest absolute Gasteiger partial charge is 0.334 e. The molecule has 168 valence electrons. The van der Waals surface area contributed by atoms with Crippen molar-refractivity contribution in [3.8, 4) is 0 Å². The molecule has 0 bridgehead atoms. The maximum Gasteiger partial charge on any atom is 0.449 e. The van der Waals surface area contributed by atoms with E-state index in [0.717, 1.165) is 11.1 Å². The van der Waals surface area contributed by atoms with Crippen LogP contribution in [-0.4, -0.2) is 19.8 Å². The average molecular weight is 456 g/mol. The maximum atomic E-state index is 13.1. The highest BCUT2D eigenvalue weighted by Gasteiger charge is 2.34. The molecule has 8 nitrogen and oxygen atoms in total. The lowest BCUT2D eigenvalue weighted by molar-refractivity contribution is -0.385. The van der Waals surface area contributed by atoms with E-state index in [1.54, 1.807) is 36.4 Å². The first-order chi connectivity index (χ1) is 15.6. The van der Waals surface area contributed by atoms with Crippen LogP contribution in [0.2, 0.25) is 0 Å². The number of halogens is 3. The van der Waals surface area contributed by atoms with Crippen molar-refractivity contribution in [1.82, 2.24) is 9.97 Å². The highest BCUT2D eigenvalue weighted by molar-refractivity contribution is 5.77. The molecule has 0 unspecified atom stereocenters. The van der Waals surface area contributed by atoms with Crippen LogP contribution in [0.15, 0.2) is 60.7 Å². The number of aromatic amines is 1. The number of imidazole rings is 1. The second-order valence-corrected chi connectivity index (χ2v) is 7.42. The topological polar surface area (TPSA) is 115 Å². The van der Waals surface area contributed by atoms with Gasteiger partial charge in [0.05, 0.1) is 20.9 Å². The molecule has 0 aliphatic carbocycles. The van der Waals surface area contributed by atoms with Gasteiger partial charge in [-0.25, -0.2) is 4.98 Å². The number of nitro groups is 2. The first kappa shape index (κ1) is 21.9. The molecule has 0 saturated heterocycles. The molecule has 0 aliphatic heterocycles. The van der Waals surface area contributed by atoms with Gasteiger partial charge in [-0.2, -0.15) is 13.2 Å². The van der Waals surface area contributed by atoms with Crippen LogP contribution in [0, 0.1) is 20.2 Å². The lowest BCUT2D eigenvalue weighted by Gasteiger charge is -2.11. The van der Waals surface area contributed by atoms with Crippen molar-refractivity contribution < 1.29 is 23.0 Å². The number of fused-ring (bicyclic) bond motifs is 1. The van der Waals surface area contributed by atoms with Gasteiger partial charge in [-0.15, -0.1) is 0 Å². The molecular weight excluding hydrogens is 441 g/mol. The monoisotopic (exact) mass is 456 g/mol. The van der Waals surface area contributed by atoms with Crippen molar-refractivity contribution in [3.05, 3.63) is 109 Å². The number of benzene rings is 3. The number of hydrogen-bond donors (Lipinski definition) is 1. The molecule has 4 rings (SSSR count). The Labute approximate surface area is 184 Å². The van der Waals surface area contributed by atoms with Gasteiger partial charge in [0.15, 0.2) is 0 Å². The van der Waals surface area contributed by atoms with Crippen LogP contribution in [0.4, 0.5) is 24.5 Å². The fourth-order valence-electron chi connectivity index (χ4n) is 3.52. The number of rotatable bonds is 6. The lowest BCUT2D eigenvalue weighted by Crippen LogP contribution is -2.06. The van der Waals surface area contributed by atoms with E-state index in [-0.39, 0.29) is 22.4 Å². The first-order valence-electron chi connectivity index (χ1n) is 9.65. The largest absolute Gasteiger partial charge is 0.449 e. The zero-order valence-corrected chi connectivity index (χ0v) is 16.8. The third-order valence-electron chi connectivity index (χ3n) is 5.16. The molecule has 4 aromatic rings. The predicted molar refractivity (Wildman–Crippen MR) is 113 cm³/mol. The summed E-state index contributed by atoms with van der Waals surface area (Å²) in [6, 6.07) is 14.9. The van der Waals surface area contributed by atoms with Crippen LogP contribution >= 0.6 is 0 Å². The van der Waals surface area contributed by atoms with Crippen molar-refractivity contribution in [3.63, 3.8) is 0 Å². The van der Waals surface area contributed by atoms with Crippen molar-refractivity contribution in [2.45, 2.75) is 19.0 Å². The molecule has 0 atom stereocenters. The number of hydrogen-bond acceptors (Lipinski definition) is 5. The number of non-ortho nitro benzene ring substituents is 2. The van der Waals surface area contributed by atoms with Gasteiger partial charge in [0.2, 0.25) is 5.82 Å². The number of nitrogens with zero attached hydrogens (tertiary/aromatic N) is 3. The van der Waals surface area contributed by atoms with E-state index in [0.29, 0.717) is 24.0 Å². The molecule has 0 radical (unpaired) electrons. The summed E-state index contributed by atoms with van der Waals surface area (Å²) in [6.07, 6.45) is -4.00. The summed E-state index contributed by atoms with van der Waals surface area (Å²) in [5.74, 6) is -1.11. The van der Waals surface area contributed by atoms with E-state index >= 15 is 0 Å². The normalized spacial score (nSPS) is 11.6. The molecule has 0 aliphatic rings. The van der Waals surface area contributed by atoms with Crippen molar-refractivity contribution in [2.24, 2.45) is 0 Å². The van der Waals surface area contributed by atoms with Gasteiger partial charge in [-0.1, -0.05) is 24.3 Å². The highest BCUT2D eigenvalue weighted by atomic mass is 19.4. The molecule has 0 amide bonds. The Kier molecular flexibility index (Phi) is 5.54. The number of H-pyrrole nitrogens is 1. The predicted octanol–water partition coefficient (Wildman–Crippen LogP) is 5.58. The average Bonchev–Trinajstić information content (AvgIpc) is 3.18. The molecule has 0 saturated carbocycles. The van der Waals surface area contributed by atoms with Crippen molar-refractivity contribution in [2.75, 3.05) is 0 Å². The third-order valence-corrected chi connectivity index (χ3v) is 5.16. The summed E-state index contributed by atoms with van der Waals surface area (Å²) in [7, 11) is 0. The molecule has 33 heavy (non-hydrogen) atoms. The highest BCUT2D eigenvalue weighted by Crippen LogP contribution is 2.31. The minimum atomic E-state index is -4.63. The van der Waals surface area contributed by atoms with Gasteiger partial charge in [-0.05, 0) is 47.2 Å². The Morgan fingerprint density at radius 1 is 0.788 bits per heavy atom. The van der Waals surface area contributed by atoms with Crippen LogP contribution in [0.3, 0.4) is 0 Å². The summed E-state index contributed by atoms with van der Waals surface area (Å²) in [4.78, 5) is 26.7. The lowest BCUT2D eigenvalue weighted by atomic mass is 9.94. The number of aromatic nitrogens is 2. The molecule has 3 aromatic carbocycles. The summed E-state index contributed by atoms with van der Waals surface area (Å²) in [5.41, 5.74) is 3.09. The van der Waals surface area contributed by atoms with Gasteiger partial charge in [0.25, 0.3) is 11.4 Å². The van der Waals surface area contributed by atoms with Gasteiger partial charge in [-0.3, -0.25) is 20.2 Å². The number of alkyl halides is 3. The van der Waals surface area contributed by atoms with E-state index < -0.39 is 21.8 Å². The number of nitrogens with one attached hydrogen (secondary N) is 1. The van der Waals surface area contributed by atoms with E-state index in [9.17, 15) is 33.4 Å². The van der Waals surface area contributed by atoms with E-state index in [4.69, 9.17) is 0 Å². The standard InChI is InChI=1S/C22H15F3N4O4/c23-22(24,25)21-26-19-11-15(9-13-1-5-17(6-2-13)28(30)31)16(12-20(19)27-21)10-14-3-7-18(8-4-14)29(32)33/h1-8,11-12H,9-10H2,(H,26,27). The summed E-state index contributed by atoms with van der Waals surface area (Å²) in [6.45, 7) is 0. The zero-order chi connectivity index (χ0) is 23.8. The van der Waals surface area contributed by atoms with Gasteiger partial charge < -0.3 is 4.98 Å². The van der Waals surface area contributed by atoms with E-state index in [2.05, 4.69) is 9.97 Å². The molecule has 0 fully saturated rings. The van der Waals surface area contributed by atoms with Crippen LogP contribution in [-0.2, 0) is 19.0 Å². The van der Waals surface area contributed by atoms with Crippen molar-refractivity contribution in [1.29, 1.82) is 0 Å². The van der Waals surface area contributed by atoms with Crippen LogP contribution < -0.4 is 0 Å². The van der Waals surface area contributed by atoms with E-state index in [1.807, 2.05) is 0 Å². The summed E-state index contributed by atoms with van der Waals surface area (Å²) < 4.78 is 39.4. The molecule has 11 heteroatoms. The van der Waals surface area contributed by atoms with E-state index in [1.165, 1.54) is 24.3 Å². The third kappa shape index (κ3) is 4.81. The second kappa shape index (κ2) is 8.34. The number of nitro benzene ring substituents is 2. The summed E-state index contributed by atoms with van der Waals surface area (Å²) in [5, 5.41) is 21.8. The molecule has 1 N–H and O–H groups in total. The molecule has 1 aromatic heterocycles. The first-order valence-corrected chi connectivity index (χ1v) is 9.65. The fourth-order valence-corrected chi connectivity index (χ4v) is 3.52. The fraction of sp³-hybridized carbons (Fsp3) is 0.136. The maximum absolute atomic E-state index is 13.1. The van der Waals surface area contributed by atoms with Crippen LogP contribution in [0.5, 0.6) is 0 Å². The Hall–Kier alpha value is -4.28. The molecular formula is C22H15F3N4O4. The Morgan fingerprint density at radius 3 is 1.67 bits per heavy atom. The van der Waals surface area contributed by atoms with Gasteiger partial charge >= 0.3 is 6.18 Å². The van der Waals surface area contributed by atoms with Crippen molar-refractivity contribution >= 4 is 22.4 Å². The Balaban J connectivity index is 1.74. The Morgan fingerprint density at radius 2 is 1.24 bits per heavy atom. The quantitative estimate of drug-likeness (QED) is 0.300. The van der Waals surface area contributed by atoms with Crippen LogP contribution in [0.25, 0.3) is 11.0 Å². The zero-order valence-electron chi connectivity index (χ0n) is 16.8.